The zero-order valence-electron chi connectivity index (χ0n) is 19.4. The van der Waals surface area contributed by atoms with Gasteiger partial charge >= 0.3 is 6.03 Å². The number of carbonyl (C=O) groups excluding carboxylic acids is 3. The van der Waals surface area contributed by atoms with E-state index in [2.05, 4.69) is 15.5 Å². The molecule has 7 nitrogen and oxygen atoms in total. The molecular formula is C27H27ClN4O3. The molecule has 3 aromatic carbocycles. The second-order valence-corrected chi connectivity index (χ2v) is 8.89. The molecule has 0 spiro atoms. The van der Waals surface area contributed by atoms with Crippen LogP contribution in [0.2, 0.25) is 5.02 Å². The first kappa shape index (κ1) is 24.4. The van der Waals surface area contributed by atoms with Gasteiger partial charge in [0.05, 0.1) is 5.69 Å². The van der Waals surface area contributed by atoms with Gasteiger partial charge in [0.25, 0.3) is 5.91 Å². The van der Waals surface area contributed by atoms with Crippen molar-refractivity contribution in [3.8, 4) is 0 Å². The number of hydrogen-bond donors (Lipinski definition) is 2. The molecule has 3 amide bonds. The van der Waals surface area contributed by atoms with E-state index in [9.17, 15) is 14.4 Å². The van der Waals surface area contributed by atoms with Crippen LogP contribution in [0.15, 0.2) is 78.9 Å². The van der Waals surface area contributed by atoms with Crippen LogP contribution in [0.4, 0.5) is 10.5 Å². The first-order valence-corrected chi connectivity index (χ1v) is 11.8. The summed E-state index contributed by atoms with van der Waals surface area (Å²) in [6.07, 6.45) is 0. The van der Waals surface area contributed by atoms with Crippen molar-refractivity contribution in [1.29, 1.82) is 0 Å². The Bertz CT molecular complexity index is 1200. The number of anilines is 1. The van der Waals surface area contributed by atoms with E-state index in [0.717, 1.165) is 13.1 Å². The van der Waals surface area contributed by atoms with Crippen LogP contribution in [0.1, 0.15) is 27.5 Å². The average Bonchev–Trinajstić information content (AvgIpc) is 2.89. The second-order valence-electron chi connectivity index (χ2n) is 8.46. The van der Waals surface area contributed by atoms with E-state index in [4.69, 9.17) is 11.6 Å². The quantitative estimate of drug-likeness (QED) is 0.507. The van der Waals surface area contributed by atoms with Crippen LogP contribution < -0.4 is 10.6 Å². The summed E-state index contributed by atoms with van der Waals surface area (Å²) in [6.45, 7) is 2.70. The third-order valence-corrected chi connectivity index (χ3v) is 6.21. The molecule has 0 saturated carbocycles. The van der Waals surface area contributed by atoms with Gasteiger partial charge in [-0.05, 0) is 30.8 Å². The molecule has 0 unspecified atom stereocenters. The molecule has 0 radical (unpaired) electrons. The standard InChI is InChI=1S/C27H27ClN4O3/c1-31-14-16-32(17-15-31)27(35)30-24(19-8-4-2-5-9-19)26(34)29-23-13-12-21(28)18-22(23)25(33)20-10-6-3-7-11-20/h2-13,18,24H,14-17H2,1H3,(H,29,34)(H,30,35)/t24-/m0/s1. The number of carbonyl (C=O) groups is 3. The number of ketones is 1. The van der Waals surface area contributed by atoms with Gasteiger partial charge in [-0.3, -0.25) is 9.59 Å². The average molecular weight is 491 g/mol. The number of amides is 3. The normalized spacial score (nSPS) is 14.7. The van der Waals surface area contributed by atoms with Crippen molar-refractivity contribution in [1.82, 2.24) is 15.1 Å². The molecule has 0 bridgehead atoms. The number of nitrogens with zero attached hydrogens (tertiary/aromatic N) is 2. The summed E-state index contributed by atoms with van der Waals surface area (Å²) in [5.41, 5.74) is 1.71. The number of rotatable bonds is 6. The van der Waals surface area contributed by atoms with Crippen LogP contribution >= 0.6 is 11.6 Å². The van der Waals surface area contributed by atoms with E-state index in [-0.39, 0.29) is 17.4 Å². The Hall–Kier alpha value is -3.68. The molecule has 35 heavy (non-hydrogen) atoms. The molecule has 180 valence electrons. The Balaban J connectivity index is 1.59. The van der Waals surface area contributed by atoms with E-state index in [1.807, 2.05) is 31.3 Å². The van der Waals surface area contributed by atoms with Crippen LogP contribution in [0.3, 0.4) is 0 Å². The minimum atomic E-state index is -0.946. The van der Waals surface area contributed by atoms with E-state index < -0.39 is 11.9 Å². The summed E-state index contributed by atoms with van der Waals surface area (Å²) >= 11 is 6.18. The number of urea groups is 1. The van der Waals surface area contributed by atoms with Gasteiger partial charge < -0.3 is 20.4 Å². The number of piperazine rings is 1. The molecule has 1 heterocycles. The molecule has 0 aliphatic carbocycles. The van der Waals surface area contributed by atoms with Gasteiger partial charge in [0.2, 0.25) is 0 Å². The van der Waals surface area contributed by atoms with Crippen molar-refractivity contribution in [3.05, 3.63) is 101 Å². The summed E-state index contributed by atoms with van der Waals surface area (Å²) in [5.74, 6) is -0.718. The van der Waals surface area contributed by atoms with Crippen molar-refractivity contribution in [2.75, 3.05) is 38.5 Å². The minimum Gasteiger partial charge on any atom is -0.323 e. The summed E-state index contributed by atoms with van der Waals surface area (Å²) in [5, 5.41) is 6.10. The number of likely N-dealkylation sites (N-methyl/N-ethyl adjacent to an activating group) is 1. The maximum absolute atomic E-state index is 13.5. The van der Waals surface area contributed by atoms with Crippen molar-refractivity contribution in [3.63, 3.8) is 0 Å². The lowest BCUT2D eigenvalue weighted by Gasteiger charge is -2.33. The molecule has 2 N–H and O–H groups in total. The smallest absolute Gasteiger partial charge is 0.318 e. The van der Waals surface area contributed by atoms with Crippen molar-refractivity contribution in [2.45, 2.75) is 6.04 Å². The van der Waals surface area contributed by atoms with Gasteiger partial charge in [-0.25, -0.2) is 4.79 Å². The lowest BCUT2D eigenvalue weighted by molar-refractivity contribution is -0.118. The first-order chi connectivity index (χ1) is 16.9. The molecule has 1 fully saturated rings. The van der Waals surface area contributed by atoms with E-state index in [0.29, 0.717) is 34.9 Å². The highest BCUT2D eigenvalue weighted by Gasteiger charge is 2.28. The van der Waals surface area contributed by atoms with Crippen molar-refractivity contribution >= 4 is 35.0 Å². The molecule has 4 rings (SSSR count). The van der Waals surface area contributed by atoms with Crippen LogP contribution in [0.25, 0.3) is 0 Å². The first-order valence-electron chi connectivity index (χ1n) is 11.4. The van der Waals surface area contributed by atoms with Gasteiger partial charge in [-0.1, -0.05) is 72.3 Å². The number of halogens is 1. The molecule has 0 aromatic heterocycles. The maximum Gasteiger partial charge on any atom is 0.318 e. The van der Waals surface area contributed by atoms with Crippen molar-refractivity contribution in [2.24, 2.45) is 0 Å². The molecule has 3 aromatic rings. The van der Waals surface area contributed by atoms with Gasteiger partial charge in [0.15, 0.2) is 5.78 Å². The number of hydrogen-bond acceptors (Lipinski definition) is 4. The van der Waals surface area contributed by atoms with Gasteiger partial charge in [-0.15, -0.1) is 0 Å². The Morgan fingerprint density at radius 1 is 0.857 bits per heavy atom. The fourth-order valence-electron chi connectivity index (χ4n) is 3.93. The Morgan fingerprint density at radius 3 is 2.14 bits per heavy atom. The summed E-state index contributed by atoms with van der Waals surface area (Å²) in [6, 6.07) is 21.3. The largest absolute Gasteiger partial charge is 0.323 e. The Labute approximate surface area is 209 Å². The summed E-state index contributed by atoms with van der Waals surface area (Å²) < 4.78 is 0. The Morgan fingerprint density at radius 2 is 1.49 bits per heavy atom. The van der Waals surface area contributed by atoms with Crippen LogP contribution in [0, 0.1) is 0 Å². The van der Waals surface area contributed by atoms with Gasteiger partial charge in [-0.2, -0.15) is 0 Å². The molecular weight excluding hydrogens is 464 g/mol. The highest BCUT2D eigenvalue weighted by molar-refractivity contribution is 6.31. The second kappa shape index (κ2) is 11.2. The van der Waals surface area contributed by atoms with Gasteiger partial charge in [0.1, 0.15) is 6.04 Å². The molecule has 1 atom stereocenters. The maximum atomic E-state index is 13.5. The topological polar surface area (TPSA) is 81.8 Å². The third kappa shape index (κ3) is 6.07. The molecule has 1 saturated heterocycles. The fraction of sp³-hybridized carbons (Fsp3) is 0.222. The zero-order chi connectivity index (χ0) is 24.8. The molecule has 8 heteroatoms. The van der Waals surface area contributed by atoms with Crippen LogP contribution in [-0.2, 0) is 4.79 Å². The van der Waals surface area contributed by atoms with Gasteiger partial charge in [0, 0.05) is 42.3 Å². The lowest BCUT2D eigenvalue weighted by atomic mass is 10.0. The molecule has 1 aliphatic rings. The predicted octanol–water partition coefficient (Wildman–Crippen LogP) is 4.21. The van der Waals surface area contributed by atoms with E-state index >= 15 is 0 Å². The van der Waals surface area contributed by atoms with E-state index in [1.54, 1.807) is 53.4 Å². The van der Waals surface area contributed by atoms with Crippen LogP contribution in [0.5, 0.6) is 0 Å². The third-order valence-electron chi connectivity index (χ3n) is 5.97. The highest BCUT2D eigenvalue weighted by Crippen LogP contribution is 2.25. The van der Waals surface area contributed by atoms with Crippen LogP contribution in [-0.4, -0.2) is 60.7 Å². The SMILES string of the molecule is CN1CCN(C(=O)N[C@H](C(=O)Nc2ccc(Cl)cc2C(=O)c2ccccc2)c2ccccc2)CC1. The highest BCUT2D eigenvalue weighted by atomic mass is 35.5. The summed E-state index contributed by atoms with van der Waals surface area (Å²) in [4.78, 5) is 43.5. The zero-order valence-corrected chi connectivity index (χ0v) is 20.2. The van der Waals surface area contributed by atoms with E-state index in [1.165, 1.54) is 6.07 Å². The monoisotopic (exact) mass is 490 g/mol. The minimum absolute atomic E-state index is 0.263. The predicted molar refractivity (Wildman–Crippen MR) is 137 cm³/mol. The lowest BCUT2D eigenvalue weighted by Crippen LogP contribution is -2.52. The number of nitrogens with one attached hydrogen (secondary N) is 2. The fourth-order valence-corrected chi connectivity index (χ4v) is 4.11. The Kier molecular flexibility index (Phi) is 7.80. The van der Waals surface area contributed by atoms with Crippen molar-refractivity contribution < 1.29 is 14.4 Å². The molecule has 1 aliphatic heterocycles. The number of benzene rings is 3. The summed E-state index contributed by atoms with van der Waals surface area (Å²) in [7, 11) is 2.01.